The predicted octanol–water partition coefficient (Wildman–Crippen LogP) is 2.55. The molecule has 0 saturated heterocycles. The number of halogens is 1. The first-order chi connectivity index (χ1) is 6.83. The van der Waals surface area contributed by atoms with Crippen molar-refractivity contribution in [2.24, 2.45) is 0 Å². The van der Waals surface area contributed by atoms with Crippen molar-refractivity contribution in [1.29, 1.82) is 0 Å². The average molecular weight is 189 g/mol. The highest BCUT2D eigenvalue weighted by atomic mass is 19.1. The Morgan fingerprint density at radius 1 is 1.07 bits per heavy atom. The Morgan fingerprint density at radius 3 is 2.50 bits per heavy atom. The van der Waals surface area contributed by atoms with Crippen molar-refractivity contribution in [3.8, 4) is 0 Å². The first kappa shape index (κ1) is 8.69. The first-order valence-corrected chi connectivity index (χ1v) is 4.20. The van der Waals surface area contributed by atoms with Gasteiger partial charge in [0.15, 0.2) is 0 Å². The lowest BCUT2D eigenvalue weighted by atomic mass is 10.1. The van der Waals surface area contributed by atoms with E-state index in [1.54, 1.807) is 30.3 Å². The quantitative estimate of drug-likeness (QED) is 0.722. The molecule has 0 aliphatic rings. The molecule has 2 rings (SSSR count). The maximum atomic E-state index is 13.3. The van der Waals surface area contributed by atoms with Crippen molar-refractivity contribution in [3.05, 3.63) is 42.2 Å². The summed E-state index contributed by atoms with van der Waals surface area (Å²) in [4.78, 5) is 10.3. The van der Waals surface area contributed by atoms with Gasteiger partial charge < -0.3 is 5.32 Å². The molecule has 0 aliphatic carbocycles. The zero-order valence-corrected chi connectivity index (χ0v) is 7.33. The summed E-state index contributed by atoms with van der Waals surface area (Å²) in [5, 5.41) is 3.75. The van der Waals surface area contributed by atoms with Gasteiger partial charge in [0.25, 0.3) is 0 Å². The van der Waals surface area contributed by atoms with E-state index in [1.807, 2.05) is 0 Å². The highest BCUT2D eigenvalue weighted by Crippen LogP contribution is 2.24. The Labute approximate surface area is 80.4 Å². The second kappa shape index (κ2) is 3.46. The monoisotopic (exact) mass is 189 g/mol. The second-order valence-corrected chi connectivity index (χ2v) is 2.90. The Hall–Kier alpha value is -1.90. The first-order valence-electron chi connectivity index (χ1n) is 4.20. The topological polar surface area (TPSA) is 29.1 Å². The van der Waals surface area contributed by atoms with E-state index >= 15 is 0 Å². The standard InChI is InChI=1S/C11H8FNO/c12-10-5-6-11(13-7-14)9-4-2-1-3-8(9)10/h1-7H,(H,13,14). The fourth-order valence-corrected chi connectivity index (χ4v) is 1.45. The predicted molar refractivity (Wildman–Crippen MR) is 53.6 cm³/mol. The molecule has 70 valence electrons. The maximum Gasteiger partial charge on any atom is 0.211 e. The minimum Gasteiger partial charge on any atom is -0.328 e. The molecule has 0 atom stereocenters. The number of fused-ring (bicyclic) bond motifs is 1. The largest absolute Gasteiger partial charge is 0.328 e. The number of hydrogen-bond acceptors (Lipinski definition) is 1. The summed E-state index contributed by atoms with van der Waals surface area (Å²) in [6.45, 7) is 0. The fraction of sp³-hybridized carbons (Fsp3) is 0. The lowest BCUT2D eigenvalue weighted by molar-refractivity contribution is -0.105. The number of rotatable bonds is 2. The van der Waals surface area contributed by atoms with Crippen LogP contribution in [0.4, 0.5) is 10.1 Å². The van der Waals surface area contributed by atoms with Crippen molar-refractivity contribution >= 4 is 22.9 Å². The molecular weight excluding hydrogens is 181 g/mol. The fourth-order valence-electron chi connectivity index (χ4n) is 1.45. The lowest BCUT2D eigenvalue weighted by Crippen LogP contribution is -1.95. The minimum atomic E-state index is -0.281. The molecule has 2 aromatic rings. The van der Waals surface area contributed by atoms with Gasteiger partial charge in [-0.2, -0.15) is 0 Å². The maximum absolute atomic E-state index is 13.3. The van der Waals surface area contributed by atoms with Crippen LogP contribution in [0.1, 0.15) is 0 Å². The van der Waals surface area contributed by atoms with Gasteiger partial charge in [-0.15, -0.1) is 0 Å². The lowest BCUT2D eigenvalue weighted by Gasteiger charge is -2.04. The van der Waals surface area contributed by atoms with Crippen LogP contribution in [-0.4, -0.2) is 6.41 Å². The van der Waals surface area contributed by atoms with E-state index in [9.17, 15) is 9.18 Å². The summed E-state index contributed by atoms with van der Waals surface area (Å²) in [6.07, 6.45) is 0.583. The number of hydrogen-bond donors (Lipinski definition) is 1. The van der Waals surface area contributed by atoms with Gasteiger partial charge in [0.1, 0.15) is 5.82 Å². The van der Waals surface area contributed by atoms with Gasteiger partial charge in [-0.3, -0.25) is 4.79 Å². The van der Waals surface area contributed by atoms with Crippen molar-refractivity contribution in [1.82, 2.24) is 0 Å². The molecule has 0 saturated carbocycles. The average Bonchev–Trinajstić information content (AvgIpc) is 2.23. The Morgan fingerprint density at radius 2 is 1.79 bits per heavy atom. The summed E-state index contributed by atoms with van der Waals surface area (Å²) < 4.78 is 13.3. The number of anilines is 1. The zero-order valence-electron chi connectivity index (χ0n) is 7.33. The van der Waals surface area contributed by atoms with E-state index in [1.165, 1.54) is 6.07 Å². The number of amides is 1. The molecule has 3 heteroatoms. The Kier molecular flexibility index (Phi) is 2.14. The normalized spacial score (nSPS) is 10.1. The van der Waals surface area contributed by atoms with Crippen molar-refractivity contribution in [3.63, 3.8) is 0 Å². The molecule has 2 nitrogen and oxygen atoms in total. The van der Waals surface area contributed by atoms with Crippen LogP contribution >= 0.6 is 0 Å². The van der Waals surface area contributed by atoms with Gasteiger partial charge >= 0.3 is 0 Å². The molecule has 14 heavy (non-hydrogen) atoms. The van der Waals surface area contributed by atoms with E-state index < -0.39 is 0 Å². The summed E-state index contributed by atoms with van der Waals surface area (Å²) in [6, 6.07) is 9.90. The van der Waals surface area contributed by atoms with Crippen LogP contribution in [0.25, 0.3) is 10.8 Å². The molecule has 0 fully saturated rings. The summed E-state index contributed by atoms with van der Waals surface area (Å²) in [5.41, 5.74) is 0.622. The second-order valence-electron chi connectivity index (χ2n) is 2.90. The third-order valence-corrected chi connectivity index (χ3v) is 2.09. The van der Waals surface area contributed by atoms with E-state index in [-0.39, 0.29) is 5.82 Å². The van der Waals surface area contributed by atoms with E-state index in [2.05, 4.69) is 5.32 Å². The molecule has 0 unspecified atom stereocenters. The van der Waals surface area contributed by atoms with Crippen molar-refractivity contribution in [2.45, 2.75) is 0 Å². The zero-order chi connectivity index (χ0) is 9.97. The van der Waals surface area contributed by atoms with Crippen LogP contribution in [0.5, 0.6) is 0 Å². The number of nitrogens with one attached hydrogen (secondary N) is 1. The Bertz CT molecular complexity index is 482. The van der Waals surface area contributed by atoms with Crippen LogP contribution in [0.15, 0.2) is 36.4 Å². The minimum absolute atomic E-state index is 0.281. The highest BCUT2D eigenvalue weighted by Gasteiger charge is 2.03. The van der Waals surface area contributed by atoms with Gasteiger partial charge in [-0.1, -0.05) is 24.3 Å². The van der Waals surface area contributed by atoms with Crippen LogP contribution in [0.2, 0.25) is 0 Å². The van der Waals surface area contributed by atoms with Gasteiger partial charge in [-0.25, -0.2) is 4.39 Å². The summed E-state index contributed by atoms with van der Waals surface area (Å²) >= 11 is 0. The molecule has 0 bridgehead atoms. The molecule has 0 heterocycles. The molecule has 0 aromatic heterocycles. The van der Waals surface area contributed by atoms with Gasteiger partial charge in [0, 0.05) is 16.5 Å². The third-order valence-electron chi connectivity index (χ3n) is 2.09. The van der Waals surface area contributed by atoms with Crippen LogP contribution in [0.3, 0.4) is 0 Å². The molecule has 2 aromatic carbocycles. The SMILES string of the molecule is O=CNc1ccc(F)c2ccccc12. The Balaban J connectivity index is 2.74. The van der Waals surface area contributed by atoms with E-state index in [0.29, 0.717) is 22.9 Å². The molecule has 0 radical (unpaired) electrons. The van der Waals surface area contributed by atoms with E-state index in [4.69, 9.17) is 0 Å². The van der Waals surface area contributed by atoms with Gasteiger partial charge in [0.05, 0.1) is 0 Å². The number of benzene rings is 2. The molecule has 1 amide bonds. The molecule has 1 N–H and O–H groups in total. The van der Waals surface area contributed by atoms with E-state index in [0.717, 1.165) is 0 Å². The molecule has 0 spiro atoms. The summed E-state index contributed by atoms with van der Waals surface area (Å²) in [5.74, 6) is -0.281. The van der Waals surface area contributed by atoms with Crippen molar-refractivity contribution in [2.75, 3.05) is 5.32 Å². The van der Waals surface area contributed by atoms with Crippen LogP contribution in [0, 0.1) is 5.82 Å². The van der Waals surface area contributed by atoms with Gasteiger partial charge in [-0.05, 0) is 12.1 Å². The molecular formula is C11H8FNO. The number of carbonyl (C=O) groups excluding carboxylic acids is 1. The summed E-state index contributed by atoms with van der Waals surface area (Å²) in [7, 11) is 0. The van der Waals surface area contributed by atoms with Crippen LogP contribution in [-0.2, 0) is 4.79 Å². The third kappa shape index (κ3) is 1.33. The van der Waals surface area contributed by atoms with Crippen LogP contribution < -0.4 is 5.32 Å². The molecule has 0 aliphatic heterocycles. The van der Waals surface area contributed by atoms with Crippen molar-refractivity contribution < 1.29 is 9.18 Å². The van der Waals surface area contributed by atoms with Gasteiger partial charge in [0.2, 0.25) is 6.41 Å². The highest BCUT2D eigenvalue weighted by molar-refractivity contribution is 5.97. The smallest absolute Gasteiger partial charge is 0.211 e. The number of carbonyl (C=O) groups is 1.